The first kappa shape index (κ1) is 33.7. The van der Waals surface area contributed by atoms with E-state index in [9.17, 15) is 0 Å². The number of aromatic nitrogens is 5. The van der Waals surface area contributed by atoms with E-state index in [-0.39, 0.29) is 5.41 Å². The topological polar surface area (TPSA) is 61.7 Å². The lowest BCUT2D eigenvalue weighted by Gasteiger charge is -2.56. The molecular formula is C55H41N5O. The molecule has 4 fully saturated rings. The van der Waals surface area contributed by atoms with Crippen molar-refractivity contribution in [1.82, 2.24) is 24.1 Å². The molecule has 0 radical (unpaired) electrons. The lowest BCUT2D eigenvalue weighted by Crippen LogP contribution is -2.49. The molecule has 0 amide bonds. The quantitative estimate of drug-likeness (QED) is 0.174. The summed E-state index contributed by atoms with van der Waals surface area (Å²) in [4.78, 5) is 16.2. The van der Waals surface area contributed by atoms with Crippen LogP contribution in [0.3, 0.4) is 0 Å². The second kappa shape index (κ2) is 12.5. The molecule has 0 saturated heterocycles. The van der Waals surface area contributed by atoms with E-state index in [2.05, 4.69) is 167 Å². The largest absolute Gasteiger partial charge is 0.454 e. The molecule has 4 aliphatic rings. The number of hydrogen-bond donors (Lipinski definition) is 0. The van der Waals surface area contributed by atoms with E-state index in [1.165, 1.54) is 60.1 Å². The molecule has 6 heteroatoms. The summed E-state index contributed by atoms with van der Waals surface area (Å²) < 4.78 is 11.9. The first-order chi connectivity index (χ1) is 30.2. The Hall–Kier alpha value is -7.05. The first-order valence-corrected chi connectivity index (χ1v) is 22.0. The summed E-state index contributed by atoms with van der Waals surface area (Å²) in [7, 11) is 0. The van der Waals surface area contributed by atoms with E-state index in [1.807, 2.05) is 0 Å². The zero-order chi connectivity index (χ0) is 39.8. The molecule has 4 bridgehead atoms. The summed E-state index contributed by atoms with van der Waals surface area (Å²) in [6.45, 7) is 0. The highest BCUT2D eigenvalue weighted by Gasteiger charge is 2.53. The van der Waals surface area contributed by atoms with E-state index in [4.69, 9.17) is 19.4 Å². The highest BCUT2D eigenvalue weighted by molar-refractivity contribution is 6.39. The number of hydrogen-bond acceptors (Lipinski definition) is 4. The summed E-state index contributed by atoms with van der Waals surface area (Å²) >= 11 is 0. The molecule has 7 aromatic carbocycles. The molecule has 6 nitrogen and oxygen atoms in total. The summed E-state index contributed by atoms with van der Waals surface area (Å²) in [5.74, 6) is 4.87. The van der Waals surface area contributed by atoms with E-state index in [1.54, 1.807) is 0 Å². The Morgan fingerprint density at radius 1 is 0.459 bits per heavy atom. The normalized spacial score (nSPS) is 21.0. The SMILES string of the molecule is c1ccc(-c2nc(-c3cccc(-n4c5ccccc5c5c6c7ccccc7oc6c6c(c7ccccc7n6-c6ccccc6)c54)c3)nc(C34CC5CC(CC(C5)C3)C4)n2)cc1. The van der Waals surface area contributed by atoms with Crippen LogP contribution < -0.4 is 0 Å². The fraction of sp³-hybridized carbons (Fsp3) is 0.182. The van der Waals surface area contributed by atoms with Gasteiger partial charge in [-0.25, -0.2) is 15.0 Å². The third kappa shape index (κ3) is 4.82. The Morgan fingerprint density at radius 3 is 1.70 bits per heavy atom. The first-order valence-electron chi connectivity index (χ1n) is 22.0. The van der Waals surface area contributed by atoms with Crippen molar-refractivity contribution in [3.8, 4) is 34.2 Å². The monoisotopic (exact) mass is 787 g/mol. The highest BCUT2D eigenvalue weighted by Crippen LogP contribution is 2.60. The lowest BCUT2D eigenvalue weighted by atomic mass is 9.49. The highest BCUT2D eigenvalue weighted by atomic mass is 16.3. The van der Waals surface area contributed by atoms with Gasteiger partial charge in [0.05, 0.1) is 22.1 Å². The Labute approximate surface area is 352 Å². The summed E-state index contributed by atoms with van der Waals surface area (Å²) in [6, 6.07) is 56.3. The summed E-state index contributed by atoms with van der Waals surface area (Å²) in [6.07, 6.45) is 7.72. The number of furan rings is 1. The van der Waals surface area contributed by atoms with Crippen LogP contribution in [0.2, 0.25) is 0 Å². The number of benzene rings is 7. The zero-order valence-electron chi connectivity index (χ0n) is 33.6. The minimum Gasteiger partial charge on any atom is -0.454 e. The molecule has 0 N–H and O–H groups in total. The van der Waals surface area contributed by atoms with Crippen LogP contribution >= 0.6 is 0 Å². The molecule has 11 aromatic rings. The van der Waals surface area contributed by atoms with Gasteiger partial charge in [0, 0.05) is 60.2 Å². The van der Waals surface area contributed by atoms with Crippen LogP contribution in [0.15, 0.2) is 162 Å². The van der Waals surface area contributed by atoms with E-state index < -0.39 is 0 Å². The molecule has 15 rings (SSSR count). The van der Waals surface area contributed by atoms with Crippen LogP contribution in [-0.4, -0.2) is 24.1 Å². The third-order valence-corrected chi connectivity index (χ3v) is 14.6. The molecule has 61 heavy (non-hydrogen) atoms. The molecule has 0 spiro atoms. The van der Waals surface area contributed by atoms with Gasteiger partial charge < -0.3 is 13.6 Å². The van der Waals surface area contributed by atoms with Gasteiger partial charge in [-0.05, 0) is 98.7 Å². The molecule has 0 atom stereocenters. The van der Waals surface area contributed by atoms with Crippen LogP contribution in [0.25, 0.3) is 99.7 Å². The molecular weight excluding hydrogens is 747 g/mol. The maximum atomic E-state index is 7.00. The Morgan fingerprint density at radius 2 is 1.00 bits per heavy atom. The van der Waals surface area contributed by atoms with Crippen molar-refractivity contribution in [2.45, 2.75) is 43.9 Å². The number of rotatable bonds is 5. The zero-order valence-corrected chi connectivity index (χ0v) is 33.6. The Kier molecular flexibility index (Phi) is 6.91. The lowest BCUT2D eigenvalue weighted by molar-refractivity contribution is -0.00938. The maximum absolute atomic E-state index is 7.00. The van der Waals surface area contributed by atoms with Gasteiger partial charge in [0.15, 0.2) is 17.2 Å². The number of fused-ring (bicyclic) bond motifs is 12. The van der Waals surface area contributed by atoms with E-state index in [0.29, 0.717) is 0 Å². The average Bonchev–Trinajstić information content (AvgIpc) is 3.97. The van der Waals surface area contributed by atoms with Gasteiger partial charge in [0.1, 0.15) is 11.4 Å². The molecule has 4 aliphatic carbocycles. The number of para-hydroxylation sites is 4. The molecule has 4 saturated carbocycles. The van der Waals surface area contributed by atoms with Crippen molar-refractivity contribution < 1.29 is 4.42 Å². The van der Waals surface area contributed by atoms with Crippen molar-refractivity contribution in [2.24, 2.45) is 17.8 Å². The molecule has 292 valence electrons. The van der Waals surface area contributed by atoms with Crippen LogP contribution in [0, 0.1) is 17.8 Å². The minimum absolute atomic E-state index is 0.0255. The molecule has 0 aliphatic heterocycles. The maximum Gasteiger partial charge on any atom is 0.163 e. The molecule has 4 heterocycles. The Balaban J connectivity index is 1.08. The molecule has 4 aromatic heterocycles. The molecule has 0 unspecified atom stereocenters. The second-order valence-electron chi connectivity index (χ2n) is 18.2. The van der Waals surface area contributed by atoms with Gasteiger partial charge in [0.2, 0.25) is 0 Å². The fourth-order valence-corrected chi connectivity index (χ4v) is 12.6. The van der Waals surface area contributed by atoms with Gasteiger partial charge in [-0.15, -0.1) is 0 Å². The van der Waals surface area contributed by atoms with E-state index >= 15 is 0 Å². The predicted octanol–water partition coefficient (Wildman–Crippen LogP) is 13.8. The van der Waals surface area contributed by atoms with Crippen molar-refractivity contribution in [3.63, 3.8) is 0 Å². The van der Waals surface area contributed by atoms with Crippen LogP contribution in [0.1, 0.15) is 44.3 Å². The van der Waals surface area contributed by atoms with Crippen LogP contribution in [0.5, 0.6) is 0 Å². The van der Waals surface area contributed by atoms with Crippen molar-refractivity contribution in [3.05, 3.63) is 164 Å². The van der Waals surface area contributed by atoms with Gasteiger partial charge in [0.25, 0.3) is 0 Å². The Bertz CT molecular complexity index is 3540. The third-order valence-electron chi connectivity index (χ3n) is 14.6. The smallest absolute Gasteiger partial charge is 0.163 e. The minimum atomic E-state index is 0.0255. The van der Waals surface area contributed by atoms with Gasteiger partial charge in [-0.3, -0.25) is 0 Å². The summed E-state index contributed by atoms with van der Waals surface area (Å²) in [5.41, 5.74) is 10.5. The van der Waals surface area contributed by atoms with Crippen molar-refractivity contribution in [1.29, 1.82) is 0 Å². The van der Waals surface area contributed by atoms with Crippen LogP contribution in [-0.2, 0) is 5.41 Å². The average molecular weight is 788 g/mol. The predicted molar refractivity (Wildman–Crippen MR) is 247 cm³/mol. The second-order valence-corrected chi connectivity index (χ2v) is 18.2. The standard InChI is InChI=1S/C55H41N5O/c1-3-14-36(15-4-1)52-56-53(58-54(57-52)55-30-33-26-34(31-55)28-35(27-33)32-55)37-16-13-19-39(29-37)60-43-23-10-7-20-40(43)46-47-42-22-9-12-25-45(42)61-51(47)50-48(49(46)60)41-21-8-11-24-44(41)59(50)38-17-5-2-6-18-38/h1-25,29,33-35H,26-28,30-32H2. The summed E-state index contributed by atoms with van der Waals surface area (Å²) in [5, 5.41) is 6.97. The fourth-order valence-electron chi connectivity index (χ4n) is 12.6. The van der Waals surface area contributed by atoms with Crippen LogP contribution in [0.4, 0.5) is 0 Å². The van der Waals surface area contributed by atoms with Crippen molar-refractivity contribution >= 4 is 65.6 Å². The van der Waals surface area contributed by atoms with Gasteiger partial charge in [-0.1, -0.05) is 115 Å². The van der Waals surface area contributed by atoms with E-state index in [0.717, 1.165) is 102 Å². The van der Waals surface area contributed by atoms with Gasteiger partial charge in [-0.2, -0.15) is 0 Å². The van der Waals surface area contributed by atoms with Gasteiger partial charge >= 0.3 is 0 Å². The van der Waals surface area contributed by atoms with Crippen molar-refractivity contribution in [2.75, 3.05) is 0 Å². The number of nitrogens with zero attached hydrogens (tertiary/aromatic N) is 5.